The molecule has 0 unspecified atom stereocenters. The number of hydrogen-bond donors (Lipinski definition) is 0. The number of nitrogens with zero attached hydrogens (tertiary/aromatic N) is 6. The lowest BCUT2D eigenvalue weighted by Gasteiger charge is -2.07. The molecule has 0 aliphatic heterocycles. The molecule has 0 bridgehead atoms. The SMILES string of the molecule is CN(C)c1c(N(C)C)c1=Nc1ccc(N=c2c(N(C)C)c2N(C)C)c2ccccc12. The van der Waals surface area contributed by atoms with Gasteiger partial charge >= 0.3 is 0 Å². The van der Waals surface area contributed by atoms with Gasteiger partial charge in [0, 0.05) is 67.2 Å². The summed E-state index contributed by atoms with van der Waals surface area (Å²) >= 11 is 0. The van der Waals surface area contributed by atoms with Gasteiger partial charge in [0.2, 0.25) is 0 Å². The molecule has 0 spiro atoms. The number of fused-ring (bicyclic) bond motifs is 1. The van der Waals surface area contributed by atoms with Gasteiger partial charge in [-0.05, 0) is 12.1 Å². The van der Waals surface area contributed by atoms with Crippen molar-refractivity contribution in [1.82, 2.24) is 0 Å². The Labute approximate surface area is 178 Å². The number of rotatable bonds is 6. The monoisotopic (exact) mass is 402 g/mol. The van der Waals surface area contributed by atoms with E-state index in [9.17, 15) is 0 Å². The first kappa shape index (κ1) is 20.0. The Kier molecular flexibility index (Phi) is 4.80. The van der Waals surface area contributed by atoms with Crippen LogP contribution in [0.15, 0.2) is 46.4 Å². The Hall–Kier alpha value is -3.28. The van der Waals surface area contributed by atoms with E-state index in [2.05, 4.69) is 112 Å². The quantitative estimate of drug-likeness (QED) is 0.496. The average Bonchev–Trinajstić information content (AvgIpc) is 3.56. The van der Waals surface area contributed by atoms with Crippen LogP contribution in [-0.4, -0.2) is 56.4 Å². The third-order valence-corrected chi connectivity index (χ3v) is 5.35. The van der Waals surface area contributed by atoms with Gasteiger partial charge in [0.1, 0.15) is 10.7 Å². The largest absolute Gasteiger partial charge is 0.374 e. The van der Waals surface area contributed by atoms with Crippen LogP contribution in [0, 0.1) is 0 Å². The van der Waals surface area contributed by atoms with Gasteiger partial charge < -0.3 is 19.6 Å². The van der Waals surface area contributed by atoms with E-state index >= 15 is 0 Å². The summed E-state index contributed by atoms with van der Waals surface area (Å²) in [5, 5.41) is 4.35. The van der Waals surface area contributed by atoms with Crippen LogP contribution in [-0.2, 0) is 0 Å². The molecule has 4 aromatic carbocycles. The lowest BCUT2D eigenvalue weighted by atomic mass is 10.1. The normalized spacial score (nSPS) is 11.3. The van der Waals surface area contributed by atoms with Crippen molar-refractivity contribution in [2.45, 2.75) is 0 Å². The second-order valence-corrected chi connectivity index (χ2v) is 8.54. The van der Waals surface area contributed by atoms with E-state index in [1.807, 2.05) is 0 Å². The Morgan fingerprint density at radius 3 is 1.03 bits per heavy atom. The summed E-state index contributed by atoms with van der Waals surface area (Å²) in [7, 11) is 16.5. The molecule has 0 aliphatic rings. The topological polar surface area (TPSA) is 37.7 Å². The van der Waals surface area contributed by atoms with Crippen molar-refractivity contribution in [3.63, 3.8) is 0 Å². The summed E-state index contributed by atoms with van der Waals surface area (Å²) in [5.41, 5.74) is 6.74. The summed E-state index contributed by atoms with van der Waals surface area (Å²) in [4.78, 5) is 18.5. The van der Waals surface area contributed by atoms with Crippen LogP contribution in [0.1, 0.15) is 0 Å². The zero-order valence-corrected chi connectivity index (χ0v) is 19.1. The molecular weight excluding hydrogens is 372 g/mol. The minimum atomic E-state index is 0.977. The molecule has 6 heteroatoms. The summed E-state index contributed by atoms with van der Waals surface area (Å²) in [5.74, 6) is 0. The molecule has 0 atom stereocenters. The first-order chi connectivity index (χ1) is 14.2. The van der Waals surface area contributed by atoms with E-state index in [1.54, 1.807) is 0 Å². The Balaban J connectivity index is 1.85. The smallest absolute Gasteiger partial charge is 0.115 e. The van der Waals surface area contributed by atoms with E-state index < -0.39 is 0 Å². The highest BCUT2D eigenvalue weighted by Crippen LogP contribution is 2.37. The van der Waals surface area contributed by atoms with E-state index in [1.165, 1.54) is 22.7 Å². The molecular formula is C24H30N6. The molecule has 4 rings (SSSR count). The van der Waals surface area contributed by atoms with Crippen molar-refractivity contribution in [2.75, 3.05) is 76.0 Å². The summed E-state index contributed by atoms with van der Waals surface area (Å²) in [6.45, 7) is 0. The lowest BCUT2D eigenvalue weighted by Crippen LogP contribution is -2.08. The van der Waals surface area contributed by atoms with Crippen molar-refractivity contribution in [3.05, 3.63) is 47.1 Å². The number of anilines is 4. The zero-order valence-electron chi connectivity index (χ0n) is 19.1. The van der Waals surface area contributed by atoms with Crippen LogP contribution < -0.4 is 30.3 Å². The highest BCUT2D eigenvalue weighted by Gasteiger charge is 2.25. The molecule has 0 N–H and O–H groups in total. The van der Waals surface area contributed by atoms with E-state index in [0.29, 0.717) is 0 Å². The first-order valence-electron chi connectivity index (χ1n) is 10.1. The summed E-state index contributed by atoms with van der Waals surface area (Å²) in [6.07, 6.45) is 0. The fourth-order valence-electron chi connectivity index (χ4n) is 3.93. The second-order valence-electron chi connectivity index (χ2n) is 8.54. The maximum atomic E-state index is 5.01. The minimum absolute atomic E-state index is 0.977. The van der Waals surface area contributed by atoms with Gasteiger partial charge in [0.25, 0.3) is 0 Å². The molecule has 0 heterocycles. The van der Waals surface area contributed by atoms with E-state index in [4.69, 9.17) is 9.98 Å². The van der Waals surface area contributed by atoms with Crippen LogP contribution in [0.2, 0.25) is 0 Å². The molecule has 0 saturated carbocycles. The fraction of sp³-hybridized carbons (Fsp3) is 0.333. The first-order valence-corrected chi connectivity index (χ1v) is 10.1. The van der Waals surface area contributed by atoms with Crippen molar-refractivity contribution in [2.24, 2.45) is 9.98 Å². The highest BCUT2D eigenvalue weighted by atomic mass is 15.2. The number of hydrogen-bond acceptors (Lipinski definition) is 6. The fourth-order valence-corrected chi connectivity index (χ4v) is 3.93. The van der Waals surface area contributed by atoms with Gasteiger partial charge in [-0.25, -0.2) is 9.98 Å². The molecule has 0 saturated heterocycles. The van der Waals surface area contributed by atoms with Crippen LogP contribution in [0.5, 0.6) is 0 Å². The standard InChI is InChI=1S/C24H30N6/c1-27(2)21-19(22(21)28(3)4)25-17-13-14-18(16-12-10-9-11-15(16)17)26-20-23(29(5)6)24(20)30(7)8/h9-14H,1-8H3. The molecule has 0 amide bonds. The summed E-state index contributed by atoms with van der Waals surface area (Å²) < 4.78 is 0. The summed E-state index contributed by atoms with van der Waals surface area (Å²) in [6, 6.07) is 12.6. The molecule has 0 radical (unpaired) electrons. The van der Waals surface area contributed by atoms with Crippen LogP contribution in [0.25, 0.3) is 10.8 Å². The van der Waals surface area contributed by atoms with Crippen LogP contribution >= 0.6 is 0 Å². The van der Waals surface area contributed by atoms with Crippen LogP contribution in [0.4, 0.5) is 34.1 Å². The highest BCUT2D eigenvalue weighted by molar-refractivity contribution is 6.00. The van der Waals surface area contributed by atoms with Gasteiger partial charge in [0.05, 0.1) is 34.1 Å². The maximum absolute atomic E-state index is 5.01. The van der Waals surface area contributed by atoms with Crippen molar-refractivity contribution >= 4 is 44.9 Å². The van der Waals surface area contributed by atoms with Gasteiger partial charge in [0.15, 0.2) is 0 Å². The number of benzene rings is 2. The Morgan fingerprint density at radius 1 is 0.467 bits per heavy atom. The van der Waals surface area contributed by atoms with E-state index in [0.717, 1.165) is 32.9 Å². The lowest BCUT2D eigenvalue weighted by molar-refractivity contribution is 1.12. The van der Waals surface area contributed by atoms with Gasteiger partial charge in [-0.15, -0.1) is 0 Å². The average molecular weight is 403 g/mol. The van der Waals surface area contributed by atoms with Gasteiger partial charge in [-0.2, -0.15) is 0 Å². The maximum Gasteiger partial charge on any atom is 0.115 e. The predicted molar refractivity (Wildman–Crippen MR) is 129 cm³/mol. The Bertz CT molecular complexity index is 1110. The third kappa shape index (κ3) is 3.32. The van der Waals surface area contributed by atoms with Crippen molar-refractivity contribution in [3.8, 4) is 0 Å². The molecule has 156 valence electrons. The zero-order chi connectivity index (χ0) is 21.7. The van der Waals surface area contributed by atoms with Crippen molar-refractivity contribution in [1.29, 1.82) is 0 Å². The molecule has 0 fully saturated rings. The van der Waals surface area contributed by atoms with Gasteiger partial charge in [-0.3, -0.25) is 0 Å². The third-order valence-electron chi connectivity index (χ3n) is 5.35. The van der Waals surface area contributed by atoms with Crippen LogP contribution in [0.3, 0.4) is 0 Å². The van der Waals surface area contributed by atoms with E-state index in [-0.39, 0.29) is 0 Å². The molecule has 4 aromatic rings. The molecule has 0 aromatic heterocycles. The van der Waals surface area contributed by atoms with Crippen molar-refractivity contribution < 1.29 is 0 Å². The molecule has 30 heavy (non-hydrogen) atoms. The molecule has 0 aliphatic carbocycles. The predicted octanol–water partition coefficient (Wildman–Crippen LogP) is 3.32. The molecule has 6 nitrogen and oxygen atoms in total. The van der Waals surface area contributed by atoms with Gasteiger partial charge in [-0.1, -0.05) is 24.3 Å². The second kappa shape index (κ2) is 7.20. The Morgan fingerprint density at radius 2 is 0.767 bits per heavy atom. The minimum Gasteiger partial charge on any atom is -0.374 e.